The van der Waals surface area contributed by atoms with E-state index in [1.54, 1.807) is 0 Å². The van der Waals surface area contributed by atoms with Gasteiger partial charge in [0.1, 0.15) is 12.0 Å². The van der Waals surface area contributed by atoms with Gasteiger partial charge in [-0.3, -0.25) is 14.5 Å². The van der Waals surface area contributed by atoms with Crippen molar-refractivity contribution in [2.24, 2.45) is 0 Å². The van der Waals surface area contributed by atoms with Gasteiger partial charge in [0.15, 0.2) is 0 Å². The topological polar surface area (TPSA) is 64.7 Å². The van der Waals surface area contributed by atoms with E-state index in [2.05, 4.69) is 32.6 Å². The predicted octanol–water partition coefficient (Wildman–Crippen LogP) is 6.44. The van der Waals surface area contributed by atoms with Gasteiger partial charge >= 0.3 is 6.18 Å². The number of nitrogens with zero attached hydrogens (tertiary/aromatic N) is 2. The molecule has 9 heteroatoms. The Morgan fingerprint density at radius 1 is 0.787 bits per heavy atom. The largest absolute Gasteiger partial charge is 0.405 e. The normalized spacial score (nSPS) is 19.9. The van der Waals surface area contributed by atoms with Crippen molar-refractivity contribution in [1.29, 1.82) is 0 Å². The molecule has 0 aromatic heterocycles. The molecule has 3 aromatic carbocycles. The second-order valence-corrected chi connectivity index (χ2v) is 13.3. The number of hydrogen-bond acceptors (Lipinski definition) is 4. The first kappa shape index (κ1) is 33.2. The number of carbonyl (C=O) groups excluding carboxylic acids is 2. The predicted molar refractivity (Wildman–Crippen MR) is 178 cm³/mol. The van der Waals surface area contributed by atoms with E-state index in [0.717, 1.165) is 93.5 Å². The summed E-state index contributed by atoms with van der Waals surface area (Å²) < 4.78 is 39.5. The van der Waals surface area contributed by atoms with Crippen LogP contribution in [0.3, 0.4) is 0 Å². The third kappa shape index (κ3) is 7.57. The molecule has 6 rings (SSSR count). The van der Waals surface area contributed by atoms with Gasteiger partial charge in [0.2, 0.25) is 11.8 Å². The van der Waals surface area contributed by atoms with Gasteiger partial charge in [0.05, 0.1) is 6.04 Å². The fourth-order valence-corrected chi connectivity index (χ4v) is 7.90. The Hall–Kier alpha value is -3.69. The van der Waals surface area contributed by atoms with E-state index in [1.165, 1.54) is 5.56 Å². The van der Waals surface area contributed by atoms with Crippen molar-refractivity contribution in [1.82, 2.24) is 20.4 Å². The molecule has 47 heavy (non-hydrogen) atoms. The Morgan fingerprint density at radius 2 is 1.43 bits per heavy atom. The second kappa shape index (κ2) is 14.6. The first-order valence-corrected chi connectivity index (χ1v) is 17.1. The van der Waals surface area contributed by atoms with E-state index in [0.29, 0.717) is 12.8 Å². The van der Waals surface area contributed by atoms with Gasteiger partial charge in [-0.2, -0.15) is 13.2 Å². The smallest absolute Gasteiger partial charge is 0.352 e. The summed E-state index contributed by atoms with van der Waals surface area (Å²) in [5, 5.41) is 5.58. The Labute approximate surface area is 275 Å². The minimum atomic E-state index is -4.49. The molecule has 1 aliphatic carbocycles. The summed E-state index contributed by atoms with van der Waals surface area (Å²) in [7, 11) is 0. The highest BCUT2D eigenvalue weighted by molar-refractivity contribution is 6.00. The van der Waals surface area contributed by atoms with Gasteiger partial charge in [-0.1, -0.05) is 91.7 Å². The first-order valence-electron chi connectivity index (χ1n) is 17.1. The van der Waals surface area contributed by atoms with Crippen LogP contribution in [0.2, 0.25) is 0 Å². The summed E-state index contributed by atoms with van der Waals surface area (Å²) in [5.41, 5.74) is 3.44. The van der Waals surface area contributed by atoms with Crippen LogP contribution < -0.4 is 10.6 Å². The number of nitrogens with one attached hydrogen (secondary N) is 2. The van der Waals surface area contributed by atoms with Crippen molar-refractivity contribution in [3.63, 3.8) is 0 Å². The molecule has 1 atom stereocenters. The number of rotatable bonds is 11. The lowest BCUT2D eigenvalue weighted by molar-refractivity contribution is -0.141. The fourth-order valence-electron chi connectivity index (χ4n) is 7.90. The van der Waals surface area contributed by atoms with Crippen molar-refractivity contribution in [2.45, 2.75) is 81.6 Å². The molecule has 6 nitrogen and oxygen atoms in total. The highest BCUT2D eigenvalue weighted by Gasteiger charge is 2.49. The lowest BCUT2D eigenvalue weighted by Crippen LogP contribution is -2.53. The van der Waals surface area contributed by atoms with Crippen molar-refractivity contribution in [3.8, 4) is 11.1 Å². The summed E-state index contributed by atoms with van der Waals surface area (Å²) in [6, 6.07) is 25.6. The van der Waals surface area contributed by atoms with E-state index in [-0.39, 0.29) is 18.0 Å². The Morgan fingerprint density at radius 3 is 2.09 bits per heavy atom. The zero-order valence-electron chi connectivity index (χ0n) is 26.9. The van der Waals surface area contributed by atoms with Crippen LogP contribution in [0.5, 0.6) is 0 Å². The number of alkyl halides is 3. The molecular weight excluding hydrogens is 601 g/mol. The monoisotopic (exact) mass is 646 g/mol. The maximum Gasteiger partial charge on any atom is 0.405 e. The van der Waals surface area contributed by atoms with Gasteiger partial charge in [0, 0.05) is 25.7 Å². The zero-order chi connectivity index (χ0) is 32.9. The van der Waals surface area contributed by atoms with Gasteiger partial charge in [0.25, 0.3) is 0 Å². The molecule has 0 bridgehead atoms. The van der Waals surface area contributed by atoms with Crippen molar-refractivity contribution >= 4 is 11.8 Å². The van der Waals surface area contributed by atoms with Gasteiger partial charge in [-0.05, 0) is 79.4 Å². The van der Waals surface area contributed by atoms with Crippen LogP contribution in [0.25, 0.3) is 11.1 Å². The average molecular weight is 647 g/mol. The van der Waals surface area contributed by atoms with Crippen molar-refractivity contribution in [2.75, 3.05) is 32.7 Å². The van der Waals surface area contributed by atoms with Crippen LogP contribution in [-0.2, 0) is 21.5 Å². The molecule has 2 N–H and O–H groups in total. The molecular formula is C38H45F3N4O2. The summed E-state index contributed by atoms with van der Waals surface area (Å²) in [6.45, 7) is 2.99. The van der Waals surface area contributed by atoms with E-state index in [1.807, 2.05) is 66.7 Å². The van der Waals surface area contributed by atoms with Crippen molar-refractivity contribution in [3.05, 3.63) is 95.6 Å². The summed E-state index contributed by atoms with van der Waals surface area (Å²) in [5.74, 6) is -0.450. The van der Waals surface area contributed by atoms with E-state index in [4.69, 9.17) is 0 Å². The molecule has 2 heterocycles. The standard InChI is InChI=1S/C38H45F3N4O2/c39-38(40,41)27-42-36(47)37(32-16-6-4-14-30(32)31-15-5-7-17-33(31)37)21-9-11-22-44-24-19-29(20-25-44)43-35(46)34-18-8-10-23-45(34)26-28-12-2-1-3-13-28/h1-7,12-17,29,34H,8-11,18-27H2,(H,42,47)(H,43,46). The van der Waals surface area contributed by atoms with Gasteiger partial charge < -0.3 is 15.5 Å². The molecule has 2 saturated heterocycles. The Kier molecular flexibility index (Phi) is 10.3. The van der Waals surface area contributed by atoms with E-state index in [9.17, 15) is 22.8 Å². The van der Waals surface area contributed by atoms with Crippen LogP contribution in [0, 0.1) is 0 Å². The van der Waals surface area contributed by atoms with Crippen LogP contribution >= 0.6 is 0 Å². The number of halogens is 3. The van der Waals surface area contributed by atoms with Crippen LogP contribution in [0.4, 0.5) is 13.2 Å². The number of amides is 2. The summed E-state index contributed by atoms with van der Waals surface area (Å²) in [6.07, 6.45) is 2.32. The molecule has 0 saturated carbocycles. The molecule has 0 radical (unpaired) electrons. The molecule has 250 valence electrons. The number of unbranched alkanes of at least 4 members (excludes halogenated alkanes) is 1. The molecule has 3 aliphatic rings. The third-order valence-electron chi connectivity index (χ3n) is 10.3. The van der Waals surface area contributed by atoms with E-state index < -0.39 is 24.0 Å². The van der Waals surface area contributed by atoms with Crippen LogP contribution in [0.1, 0.15) is 68.1 Å². The Bertz CT molecular complexity index is 1480. The minimum absolute atomic E-state index is 0.0894. The Balaban J connectivity index is 1.02. The van der Waals surface area contributed by atoms with Crippen molar-refractivity contribution < 1.29 is 22.8 Å². The molecule has 0 spiro atoms. The molecule has 2 fully saturated rings. The number of piperidine rings is 2. The van der Waals surface area contributed by atoms with Crippen LogP contribution in [0.15, 0.2) is 78.9 Å². The molecule has 2 aliphatic heterocycles. The number of benzene rings is 3. The highest BCUT2D eigenvalue weighted by Crippen LogP contribution is 2.51. The summed E-state index contributed by atoms with van der Waals surface area (Å²) in [4.78, 5) is 31.8. The maximum absolute atomic E-state index is 13.7. The van der Waals surface area contributed by atoms with Gasteiger partial charge in [-0.25, -0.2) is 0 Å². The first-order chi connectivity index (χ1) is 22.7. The maximum atomic E-state index is 13.7. The second-order valence-electron chi connectivity index (χ2n) is 13.3. The molecule has 2 amide bonds. The van der Waals surface area contributed by atoms with Crippen LogP contribution in [-0.4, -0.2) is 72.6 Å². The highest BCUT2D eigenvalue weighted by atomic mass is 19.4. The minimum Gasteiger partial charge on any atom is -0.352 e. The third-order valence-corrected chi connectivity index (χ3v) is 10.3. The number of carbonyl (C=O) groups is 2. The summed E-state index contributed by atoms with van der Waals surface area (Å²) >= 11 is 0. The average Bonchev–Trinajstić information content (AvgIpc) is 3.37. The lowest BCUT2D eigenvalue weighted by atomic mass is 9.73. The van der Waals surface area contributed by atoms with E-state index >= 15 is 0 Å². The molecule has 3 aromatic rings. The molecule has 1 unspecified atom stereocenters. The number of hydrogen-bond donors (Lipinski definition) is 2. The lowest BCUT2D eigenvalue weighted by Gasteiger charge is -2.37. The quantitative estimate of drug-likeness (QED) is 0.236. The fraction of sp³-hybridized carbons (Fsp3) is 0.474. The zero-order valence-corrected chi connectivity index (χ0v) is 26.9. The number of fused-ring (bicyclic) bond motifs is 3. The SMILES string of the molecule is O=C(NC1CCN(CCCCC2(C(=O)NCC(F)(F)F)c3ccccc3-c3ccccc32)CC1)C1CCCCN1Cc1ccccc1. The van der Waals surface area contributed by atoms with Gasteiger partial charge in [-0.15, -0.1) is 0 Å². The number of likely N-dealkylation sites (tertiary alicyclic amines) is 2.